The molecule has 0 saturated heterocycles. The average molecular weight is 488 g/mol. The van der Waals surface area contributed by atoms with Crippen molar-refractivity contribution < 1.29 is 14.3 Å². The second-order valence-corrected chi connectivity index (χ2v) is 10.2. The molecule has 184 valence electrons. The molecule has 7 nitrogen and oxygen atoms in total. The minimum absolute atomic E-state index is 0.0579. The standard InChI is InChI=1S/C26H34ClN3O4/c1-14-10-15(2)29-26(32)20(14)12-28-25(31)19-11-21(27)24-23(16(19)3)34-22(13-33-24)17-6-8-18(9-7-17)30(4)5/h10-11,17-18,22H,6-9,12-13H2,1-5H3,(H,28,31)(H,29,32)/t17?,18?,22-/m1/s1. The van der Waals surface area contributed by atoms with Gasteiger partial charge in [0.1, 0.15) is 12.7 Å². The van der Waals surface area contributed by atoms with E-state index >= 15 is 0 Å². The van der Waals surface area contributed by atoms with Gasteiger partial charge in [-0.05, 0) is 84.2 Å². The first-order valence-electron chi connectivity index (χ1n) is 11.9. The molecule has 1 aliphatic carbocycles. The Morgan fingerprint density at radius 3 is 2.50 bits per heavy atom. The number of aryl methyl sites for hydroxylation is 2. The highest BCUT2D eigenvalue weighted by Gasteiger charge is 2.35. The third-order valence-electron chi connectivity index (χ3n) is 7.26. The molecule has 1 fully saturated rings. The number of carbonyl (C=O) groups is 1. The number of hydrogen-bond donors (Lipinski definition) is 2. The Balaban J connectivity index is 1.50. The average Bonchev–Trinajstić information content (AvgIpc) is 2.80. The quantitative estimate of drug-likeness (QED) is 0.662. The maximum Gasteiger partial charge on any atom is 0.253 e. The molecule has 8 heteroatoms. The highest BCUT2D eigenvalue weighted by atomic mass is 35.5. The summed E-state index contributed by atoms with van der Waals surface area (Å²) in [4.78, 5) is 30.4. The van der Waals surface area contributed by atoms with Gasteiger partial charge in [-0.15, -0.1) is 0 Å². The van der Waals surface area contributed by atoms with Crippen molar-refractivity contribution in [3.05, 3.63) is 55.5 Å². The molecule has 34 heavy (non-hydrogen) atoms. The Hall–Kier alpha value is -2.51. The summed E-state index contributed by atoms with van der Waals surface area (Å²) in [5, 5.41) is 3.21. The highest BCUT2D eigenvalue weighted by molar-refractivity contribution is 6.32. The largest absolute Gasteiger partial charge is 0.484 e. The molecule has 2 N–H and O–H groups in total. The summed E-state index contributed by atoms with van der Waals surface area (Å²) in [6.45, 7) is 6.14. The van der Waals surface area contributed by atoms with E-state index in [4.69, 9.17) is 21.1 Å². The number of nitrogens with zero attached hydrogens (tertiary/aromatic N) is 1. The van der Waals surface area contributed by atoms with E-state index in [0.717, 1.165) is 36.9 Å². The minimum atomic E-state index is -0.307. The molecular weight excluding hydrogens is 454 g/mol. The van der Waals surface area contributed by atoms with Crippen molar-refractivity contribution in [2.75, 3.05) is 20.7 Å². The van der Waals surface area contributed by atoms with Crippen LogP contribution in [0.15, 0.2) is 16.9 Å². The van der Waals surface area contributed by atoms with Crippen molar-refractivity contribution >= 4 is 17.5 Å². The maximum absolute atomic E-state index is 13.1. The van der Waals surface area contributed by atoms with Gasteiger partial charge in [-0.2, -0.15) is 0 Å². The van der Waals surface area contributed by atoms with Crippen LogP contribution in [0.1, 0.15) is 58.4 Å². The van der Waals surface area contributed by atoms with Gasteiger partial charge >= 0.3 is 0 Å². The fraction of sp³-hybridized carbons (Fsp3) is 0.538. The molecule has 2 aliphatic rings. The van der Waals surface area contributed by atoms with Crippen LogP contribution >= 0.6 is 11.6 Å². The summed E-state index contributed by atoms with van der Waals surface area (Å²) in [6, 6.07) is 4.12. The molecule has 0 unspecified atom stereocenters. The van der Waals surface area contributed by atoms with Crippen LogP contribution in [0.3, 0.4) is 0 Å². The third kappa shape index (κ3) is 4.96. The number of pyridine rings is 1. The van der Waals surface area contributed by atoms with Crippen molar-refractivity contribution in [2.45, 2.75) is 65.1 Å². The van der Waals surface area contributed by atoms with Crippen LogP contribution in [0, 0.1) is 26.7 Å². The van der Waals surface area contributed by atoms with Gasteiger partial charge in [0.2, 0.25) is 0 Å². The molecule has 2 aromatic rings. The van der Waals surface area contributed by atoms with Gasteiger partial charge in [0.25, 0.3) is 11.5 Å². The Labute approximate surface area is 205 Å². The number of benzene rings is 1. The summed E-state index contributed by atoms with van der Waals surface area (Å²) < 4.78 is 12.5. The summed E-state index contributed by atoms with van der Waals surface area (Å²) in [5.41, 5.74) is 3.08. The molecule has 1 atom stereocenters. The van der Waals surface area contributed by atoms with Crippen molar-refractivity contribution in [3.8, 4) is 11.5 Å². The second-order valence-electron chi connectivity index (χ2n) is 9.81. The first-order chi connectivity index (χ1) is 16.2. The number of amides is 1. The molecule has 1 amide bonds. The SMILES string of the molecule is Cc1cc(C)c(CNC(=O)c2cc(Cl)c3c(c2C)O[C@@H](C2CCC(N(C)C)CC2)CO3)c(=O)[nH]1. The van der Waals surface area contributed by atoms with Crippen LogP contribution < -0.4 is 20.3 Å². The predicted octanol–water partition coefficient (Wildman–Crippen LogP) is 4.14. The zero-order valence-electron chi connectivity index (χ0n) is 20.6. The van der Waals surface area contributed by atoms with E-state index in [9.17, 15) is 9.59 Å². The number of H-pyrrole nitrogens is 1. The summed E-state index contributed by atoms with van der Waals surface area (Å²) in [7, 11) is 4.27. The fourth-order valence-electron chi connectivity index (χ4n) is 5.15. The predicted molar refractivity (Wildman–Crippen MR) is 133 cm³/mol. The summed E-state index contributed by atoms with van der Waals surface area (Å²) in [6.07, 6.45) is 4.40. The van der Waals surface area contributed by atoms with Crippen LogP contribution in [-0.2, 0) is 6.54 Å². The Morgan fingerprint density at radius 1 is 1.15 bits per heavy atom. The van der Waals surface area contributed by atoms with Crippen LogP contribution in [0.25, 0.3) is 0 Å². The molecule has 1 saturated carbocycles. The topological polar surface area (TPSA) is 83.7 Å². The molecule has 0 radical (unpaired) electrons. The van der Waals surface area contributed by atoms with Gasteiger partial charge in [-0.3, -0.25) is 9.59 Å². The lowest BCUT2D eigenvalue weighted by Crippen LogP contribution is -2.41. The smallest absolute Gasteiger partial charge is 0.253 e. The zero-order valence-corrected chi connectivity index (χ0v) is 21.3. The van der Waals surface area contributed by atoms with E-state index in [2.05, 4.69) is 29.3 Å². The Kier molecular flexibility index (Phi) is 7.24. The number of fused-ring (bicyclic) bond motifs is 1. The van der Waals surface area contributed by atoms with Crippen LogP contribution in [0.5, 0.6) is 11.5 Å². The van der Waals surface area contributed by atoms with E-state index < -0.39 is 0 Å². The summed E-state index contributed by atoms with van der Waals surface area (Å²) in [5.74, 6) is 1.16. The monoisotopic (exact) mass is 487 g/mol. The number of halogens is 1. The molecule has 1 aliphatic heterocycles. The van der Waals surface area contributed by atoms with Gasteiger partial charge in [0.15, 0.2) is 11.5 Å². The van der Waals surface area contributed by atoms with E-state index in [1.165, 1.54) is 0 Å². The van der Waals surface area contributed by atoms with Gasteiger partial charge < -0.3 is 24.7 Å². The highest BCUT2D eigenvalue weighted by Crippen LogP contribution is 2.45. The molecule has 1 aromatic heterocycles. The Morgan fingerprint density at radius 2 is 1.85 bits per heavy atom. The number of aromatic nitrogens is 1. The first kappa shape index (κ1) is 24.6. The van der Waals surface area contributed by atoms with Gasteiger partial charge in [0.05, 0.1) is 5.02 Å². The van der Waals surface area contributed by atoms with Crippen molar-refractivity contribution in [3.63, 3.8) is 0 Å². The van der Waals surface area contributed by atoms with Crippen LogP contribution in [0.4, 0.5) is 0 Å². The fourth-order valence-corrected chi connectivity index (χ4v) is 5.40. The van der Waals surface area contributed by atoms with E-state index in [0.29, 0.717) is 51.8 Å². The first-order valence-corrected chi connectivity index (χ1v) is 12.3. The number of rotatable bonds is 5. The number of aromatic amines is 1. The Bertz CT molecular complexity index is 1140. The van der Waals surface area contributed by atoms with Crippen molar-refractivity contribution in [1.29, 1.82) is 0 Å². The number of ether oxygens (including phenoxy) is 2. The zero-order chi connectivity index (χ0) is 24.6. The molecule has 4 rings (SSSR count). The van der Waals surface area contributed by atoms with Crippen LogP contribution in [-0.4, -0.2) is 48.6 Å². The van der Waals surface area contributed by atoms with Crippen LogP contribution in [0.2, 0.25) is 5.02 Å². The van der Waals surface area contributed by atoms with Crippen molar-refractivity contribution in [2.24, 2.45) is 5.92 Å². The number of hydrogen-bond acceptors (Lipinski definition) is 5. The molecule has 1 aromatic carbocycles. The molecule has 2 heterocycles. The van der Waals surface area contributed by atoms with E-state index in [-0.39, 0.29) is 24.1 Å². The maximum atomic E-state index is 13.1. The normalized spacial score (nSPS) is 22.0. The minimum Gasteiger partial charge on any atom is -0.484 e. The third-order valence-corrected chi connectivity index (χ3v) is 7.54. The van der Waals surface area contributed by atoms with Crippen molar-refractivity contribution in [1.82, 2.24) is 15.2 Å². The lowest BCUT2D eigenvalue weighted by molar-refractivity contribution is 0.0239. The number of carbonyl (C=O) groups excluding carboxylic acids is 1. The summed E-state index contributed by atoms with van der Waals surface area (Å²) >= 11 is 6.49. The van der Waals surface area contributed by atoms with E-state index in [1.807, 2.05) is 26.8 Å². The molecule has 0 bridgehead atoms. The van der Waals surface area contributed by atoms with Gasteiger partial charge in [-0.25, -0.2) is 0 Å². The van der Waals surface area contributed by atoms with Gasteiger partial charge in [-0.1, -0.05) is 11.6 Å². The lowest BCUT2D eigenvalue weighted by atomic mass is 9.82. The number of nitrogens with one attached hydrogen (secondary N) is 2. The van der Waals surface area contributed by atoms with Gasteiger partial charge in [0, 0.05) is 35.0 Å². The lowest BCUT2D eigenvalue weighted by Gasteiger charge is -2.38. The second kappa shape index (κ2) is 10.0. The molecular formula is C26H34ClN3O4. The molecule has 0 spiro atoms. The van der Waals surface area contributed by atoms with E-state index in [1.54, 1.807) is 6.07 Å².